The smallest absolute Gasteiger partial charge is 0.323 e. The number of para-hydroxylation sites is 1. The van der Waals surface area contributed by atoms with Gasteiger partial charge in [0.1, 0.15) is 5.65 Å². The van der Waals surface area contributed by atoms with Gasteiger partial charge in [-0.2, -0.15) is 0 Å². The van der Waals surface area contributed by atoms with Crippen LogP contribution in [0.15, 0.2) is 85.3 Å². The number of carbonyl (C=O) groups is 1. The molecule has 0 unspecified atom stereocenters. The third kappa shape index (κ3) is 3.32. The number of carbonyl (C=O) groups excluding carboxylic acids is 1. The summed E-state index contributed by atoms with van der Waals surface area (Å²) in [5, 5.41) is 7.13. The normalized spacial score (nSPS) is 12.6. The Bertz CT molecular complexity index is 1390. The van der Waals surface area contributed by atoms with Crippen molar-refractivity contribution in [3.63, 3.8) is 0 Å². The maximum atomic E-state index is 12.5. The molecule has 2 amide bonds. The molecule has 2 aromatic carbocycles. The van der Waals surface area contributed by atoms with Gasteiger partial charge in [0.05, 0.1) is 13.9 Å². The fraction of sp³-hybridized carbons (Fsp3) is 0.0435. The first-order valence-electron chi connectivity index (χ1n) is 10.2. The molecule has 0 aliphatic heterocycles. The van der Waals surface area contributed by atoms with E-state index in [9.17, 15) is 4.79 Å². The molecular weight excluding hydrogens is 362 g/mol. The van der Waals surface area contributed by atoms with Gasteiger partial charge in [0.2, 0.25) is 0 Å². The number of H-pyrrole nitrogens is 1. The van der Waals surface area contributed by atoms with Gasteiger partial charge in [0, 0.05) is 41.5 Å². The van der Waals surface area contributed by atoms with E-state index in [0.717, 1.165) is 10.8 Å². The minimum absolute atomic E-state index is 0.363. The molecule has 0 spiro atoms. The van der Waals surface area contributed by atoms with Crippen LogP contribution in [0, 0.1) is 0 Å². The van der Waals surface area contributed by atoms with Gasteiger partial charge in [-0.05, 0) is 48.0 Å². The third-order valence-corrected chi connectivity index (χ3v) is 4.71. The van der Waals surface area contributed by atoms with Gasteiger partial charge in [0.25, 0.3) is 0 Å². The summed E-state index contributed by atoms with van der Waals surface area (Å²) in [6, 6.07) is 19.6. The number of aromatic amines is 1. The lowest BCUT2D eigenvalue weighted by Crippen LogP contribution is -2.19. The summed E-state index contributed by atoms with van der Waals surface area (Å²) in [5.74, 6) is 0. The van der Waals surface area contributed by atoms with Crippen molar-refractivity contribution in [2.24, 2.45) is 0 Å². The monoisotopic (exact) mass is 383 g/mol. The Labute approximate surface area is 170 Å². The number of hydrogen-bond donors (Lipinski definition) is 3. The lowest BCUT2D eigenvalue weighted by atomic mass is 10.2. The number of pyridine rings is 1. The van der Waals surface area contributed by atoms with E-state index >= 15 is 0 Å². The van der Waals surface area contributed by atoms with Gasteiger partial charge in [-0.25, -0.2) is 9.78 Å². The average Bonchev–Trinajstić information content (AvgIpc) is 3.42. The second-order valence-corrected chi connectivity index (χ2v) is 6.58. The number of anilines is 2. The van der Waals surface area contributed by atoms with E-state index in [-0.39, 0.29) is 6.03 Å². The molecule has 3 aromatic heterocycles. The highest BCUT2D eigenvalue weighted by molar-refractivity contribution is 6.05. The Morgan fingerprint density at radius 3 is 2.79 bits per heavy atom. The molecule has 0 aliphatic rings. The number of hydrogen-bond acceptors (Lipinski definition) is 2. The van der Waals surface area contributed by atoms with Crippen molar-refractivity contribution in [2.45, 2.75) is 6.50 Å². The highest BCUT2D eigenvalue weighted by atomic mass is 16.2. The second-order valence-electron chi connectivity index (χ2n) is 6.58. The Balaban J connectivity index is 1.51. The minimum Gasteiger partial charge on any atom is -0.346 e. The van der Waals surface area contributed by atoms with Crippen LogP contribution < -0.4 is 10.6 Å². The molecule has 29 heavy (non-hydrogen) atoms. The van der Waals surface area contributed by atoms with Gasteiger partial charge in [-0.15, -0.1) is 0 Å². The zero-order valence-electron chi connectivity index (χ0n) is 17.4. The quantitative estimate of drug-likeness (QED) is 0.398. The average molecular weight is 383 g/mol. The summed E-state index contributed by atoms with van der Waals surface area (Å²) in [5.41, 5.74) is 3.11. The Hall–Kier alpha value is -4.06. The lowest BCUT2D eigenvalue weighted by molar-refractivity contribution is 0.262. The zero-order valence-corrected chi connectivity index (χ0v) is 15.4. The van der Waals surface area contributed by atoms with Crippen LogP contribution in [0.1, 0.15) is 8.30 Å². The summed E-state index contributed by atoms with van der Waals surface area (Å²) >= 11 is 0. The number of amides is 2. The maximum absolute atomic E-state index is 12.5. The SMILES string of the molecule is [2H]C([2H])(c1ccnc2[nH]ccc12)n1ccc2c(NC(=O)Nc3ccccc3)cccc21. The number of nitrogens with one attached hydrogen (secondary N) is 3. The van der Waals surface area contributed by atoms with E-state index in [1.165, 1.54) is 0 Å². The topological polar surface area (TPSA) is 74.7 Å². The largest absolute Gasteiger partial charge is 0.346 e. The number of fused-ring (bicyclic) bond motifs is 2. The lowest BCUT2D eigenvalue weighted by Gasteiger charge is -2.10. The first-order valence-corrected chi connectivity index (χ1v) is 9.20. The molecule has 0 saturated heterocycles. The molecule has 6 heteroatoms. The van der Waals surface area contributed by atoms with Crippen molar-refractivity contribution >= 4 is 39.3 Å². The highest BCUT2D eigenvalue weighted by Crippen LogP contribution is 2.26. The second kappa shape index (κ2) is 7.16. The van der Waals surface area contributed by atoms with Crippen LogP contribution in [0.5, 0.6) is 0 Å². The van der Waals surface area contributed by atoms with Crippen LogP contribution in [-0.4, -0.2) is 20.6 Å². The van der Waals surface area contributed by atoms with Crippen molar-refractivity contribution < 1.29 is 7.54 Å². The zero-order chi connectivity index (χ0) is 21.4. The van der Waals surface area contributed by atoms with E-state index in [0.29, 0.717) is 28.1 Å². The van der Waals surface area contributed by atoms with E-state index in [4.69, 9.17) is 2.74 Å². The fourth-order valence-corrected chi connectivity index (χ4v) is 3.37. The van der Waals surface area contributed by atoms with E-state index in [1.54, 1.807) is 47.4 Å². The predicted molar refractivity (Wildman–Crippen MR) is 116 cm³/mol. The summed E-state index contributed by atoms with van der Waals surface area (Å²) in [6.45, 7) is -1.82. The van der Waals surface area contributed by atoms with Crippen molar-refractivity contribution in [1.82, 2.24) is 14.5 Å². The first-order chi connectivity index (χ1) is 15.0. The minimum atomic E-state index is -1.82. The Morgan fingerprint density at radius 2 is 1.90 bits per heavy atom. The summed E-state index contributed by atoms with van der Waals surface area (Å²) in [6.07, 6.45) is 5.04. The van der Waals surface area contributed by atoms with Crippen LogP contribution in [0.3, 0.4) is 0 Å². The number of benzene rings is 2. The van der Waals surface area contributed by atoms with Crippen molar-refractivity contribution in [1.29, 1.82) is 0 Å². The Morgan fingerprint density at radius 1 is 1.00 bits per heavy atom. The molecule has 5 aromatic rings. The fourth-order valence-electron chi connectivity index (χ4n) is 3.37. The summed E-state index contributed by atoms with van der Waals surface area (Å²) < 4.78 is 19.3. The van der Waals surface area contributed by atoms with E-state index < -0.39 is 6.50 Å². The van der Waals surface area contributed by atoms with Gasteiger partial charge in [-0.3, -0.25) is 0 Å². The van der Waals surface area contributed by atoms with Crippen molar-refractivity contribution in [2.75, 3.05) is 10.6 Å². The Kier molecular flexibility index (Phi) is 3.69. The van der Waals surface area contributed by atoms with Crippen LogP contribution in [0.25, 0.3) is 21.9 Å². The molecule has 0 atom stereocenters. The van der Waals surface area contributed by atoms with E-state index in [1.807, 2.05) is 42.5 Å². The molecule has 0 aliphatic carbocycles. The molecule has 0 bridgehead atoms. The molecule has 3 heterocycles. The molecule has 0 radical (unpaired) electrons. The van der Waals surface area contributed by atoms with E-state index in [2.05, 4.69) is 20.6 Å². The predicted octanol–water partition coefficient (Wildman–Crippen LogP) is 5.21. The summed E-state index contributed by atoms with van der Waals surface area (Å²) in [4.78, 5) is 19.7. The van der Waals surface area contributed by atoms with Gasteiger partial charge in [0.15, 0.2) is 0 Å². The van der Waals surface area contributed by atoms with Gasteiger partial charge < -0.3 is 20.2 Å². The first kappa shape index (κ1) is 14.9. The van der Waals surface area contributed by atoms with Gasteiger partial charge in [-0.1, -0.05) is 24.3 Å². The molecule has 142 valence electrons. The summed E-state index contributed by atoms with van der Waals surface area (Å²) in [7, 11) is 0. The van der Waals surface area contributed by atoms with Crippen molar-refractivity contribution in [3.8, 4) is 0 Å². The molecule has 3 N–H and O–H groups in total. The molecule has 0 fully saturated rings. The number of nitrogens with zero attached hydrogens (tertiary/aromatic N) is 2. The number of rotatable bonds is 4. The maximum Gasteiger partial charge on any atom is 0.323 e. The molecule has 0 saturated carbocycles. The van der Waals surface area contributed by atoms with Crippen LogP contribution in [-0.2, 0) is 6.50 Å². The third-order valence-electron chi connectivity index (χ3n) is 4.71. The van der Waals surface area contributed by atoms with Crippen LogP contribution >= 0.6 is 0 Å². The van der Waals surface area contributed by atoms with Crippen LogP contribution in [0.4, 0.5) is 16.2 Å². The molecular formula is C23H19N5O. The standard InChI is InChI=1S/C23H19N5O/c29-23(26-17-5-2-1-3-6-17)27-20-7-4-8-21-19(20)11-14-28(21)15-16-9-12-24-22-18(16)10-13-25-22/h1-14H,15H2,(H,24,25)(H2,26,27,29)/i15D2. The number of urea groups is 1. The molecule has 5 rings (SSSR count). The van der Waals surface area contributed by atoms with Gasteiger partial charge >= 0.3 is 6.03 Å². The highest BCUT2D eigenvalue weighted by Gasteiger charge is 2.10. The van der Waals surface area contributed by atoms with Crippen molar-refractivity contribution in [3.05, 3.63) is 90.9 Å². The van der Waals surface area contributed by atoms with Crippen LogP contribution in [0.2, 0.25) is 0 Å². The number of aromatic nitrogens is 3. The molecule has 6 nitrogen and oxygen atoms in total.